The highest BCUT2D eigenvalue weighted by atomic mass is 16.5. The van der Waals surface area contributed by atoms with Crippen molar-refractivity contribution in [3.05, 3.63) is 53.9 Å². The number of carbonyl (C=O) groups excluding carboxylic acids is 2. The van der Waals surface area contributed by atoms with E-state index in [-0.39, 0.29) is 24.8 Å². The molecular formula is C26H33N3O6. The van der Waals surface area contributed by atoms with Crippen LogP contribution in [0.5, 0.6) is 11.5 Å². The Bertz CT molecular complexity index is 1050. The maximum atomic E-state index is 13.0. The molecule has 0 saturated carbocycles. The minimum absolute atomic E-state index is 0.103. The molecule has 2 aromatic rings. The molecule has 2 atom stereocenters. The molecule has 1 aromatic heterocycles. The van der Waals surface area contributed by atoms with Gasteiger partial charge in [0.05, 0.1) is 19.3 Å². The molecule has 2 aliphatic heterocycles. The molecule has 9 heteroatoms. The number of aromatic nitrogens is 1. The third kappa shape index (κ3) is 5.74. The molecule has 4 rings (SSSR count). The van der Waals surface area contributed by atoms with Crippen LogP contribution < -0.4 is 9.47 Å². The molecule has 9 nitrogen and oxygen atoms in total. The lowest BCUT2D eigenvalue weighted by atomic mass is 9.72. The van der Waals surface area contributed by atoms with E-state index >= 15 is 0 Å². The summed E-state index contributed by atoms with van der Waals surface area (Å²) in [4.78, 5) is 33.4. The number of likely N-dealkylation sites (N-methyl/N-ethyl adjacent to an activating group) is 1. The largest absolute Gasteiger partial charge is 0.497 e. The summed E-state index contributed by atoms with van der Waals surface area (Å²) in [5.41, 5.74) is 0.621. The number of amides is 2. The molecule has 1 aromatic carbocycles. The van der Waals surface area contributed by atoms with Crippen molar-refractivity contribution in [2.45, 2.75) is 37.9 Å². The van der Waals surface area contributed by atoms with Crippen molar-refractivity contribution in [2.24, 2.45) is 5.41 Å². The summed E-state index contributed by atoms with van der Waals surface area (Å²) in [5.74, 6) is 0.766. The van der Waals surface area contributed by atoms with E-state index in [0.717, 1.165) is 5.56 Å². The molecule has 0 bridgehead atoms. The summed E-state index contributed by atoms with van der Waals surface area (Å²) in [6.45, 7) is 1.22. The van der Waals surface area contributed by atoms with Gasteiger partial charge in [-0.2, -0.15) is 0 Å². The summed E-state index contributed by atoms with van der Waals surface area (Å²) >= 11 is 0. The van der Waals surface area contributed by atoms with Gasteiger partial charge in [0, 0.05) is 45.4 Å². The molecule has 3 heterocycles. The van der Waals surface area contributed by atoms with Gasteiger partial charge >= 0.3 is 0 Å². The van der Waals surface area contributed by atoms with Crippen LogP contribution in [0.25, 0.3) is 0 Å². The standard InChI is InChI=1S/C26H33N3O6/c1-28-17-26(8-11-29(12-9-26)25(33)20-14-19(34-2)7-10-27-20)15-22(31)21(30)13-18-5-3-4-6-23(18)35-16-24(28)32/h3-7,10,14,21-22,30-31H,8-9,11-13,15-17H2,1-2H3/t21-,22+/m0/s1. The molecule has 0 radical (unpaired) electrons. The van der Waals surface area contributed by atoms with Crippen LogP contribution in [0.1, 0.15) is 35.3 Å². The summed E-state index contributed by atoms with van der Waals surface area (Å²) in [6, 6.07) is 10.6. The number of likely N-dealkylation sites (tertiary alicyclic amines) is 1. The van der Waals surface area contributed by atoms with Gasteiger partial charge in [-0.25, -0.2) is 0 Å². The van der Waals surface area contributed by atoms with E-state index < -0.39 is 17.6 Å². The van der Waals surface area contributed by atoms with Gasteiger partial charge < -0.3 is 29.5 Å². The normalized spacial score (nSPS) is 23.0. The van der Waals surface area contributed by atoms with E-state index in [1.807, 2.05) is 18.2 Å². The molecule has 1 saturated heterocycles. The average Bonchev–Trinajstić information content (AvgIpc) is 2.87. The SMILES string of the molecule is COc1ccnc(C(=O)N2CCC3(CC2)C[C@@H](O)[C@@H](O)Cc2ccccc2OCC(=O)N(C)C3)c1. The van der Waals surface area contributed by atoms with Gasteiger partial charge in [0.25, 0.3) is 11.8 Å². The Morgan fingerprint density at radius 2 is 1.91 bits per heavy atom. The fourth-order valence-electron chi connectivity index (χ4n) is 5.02. The number of nitrogens with zero attached hydrogens (tertiary/aromatic N) is 3. The third-order valence-electron chi connectivity index (χ3n) is 7.13. The van der Waals surface area contributed by atoms with E-state index in [2.05, 4.69) is 4.98 Å². The number of benzene rings is 1. The van der Waals surface area contributed by atoms with Crippen molar-refractivity contribution in [3.63, 3.8) is 0 Å². The molecule has 0 aliphatic carbocycles. The predicted molar refractivity (Wildman–Crippen MR) is 128 cm³/mol. The Hall–Kier alpha value is -3.17. The molecule has 0 unspecified atom stereocenters. The first-order valence-corrected chi connectivity index (χ1v) is 11.9. The highest BCUT2D eigenvalue weighted by Crippen LogP contribution is 2.39. The van der Waals surface area contributed by atoms with E-state index in [9.17, 15) is 19.8 Å². The Labute approximate surface area is 205 Å². The van der Waals surface area contributed by atoms with Crippen LogP contribution in [0, 0.1) is 5.41 Å². The first-order valence-electron chi connectivity index (χ1n) is 11.9. The number of para-hydroxylation sites is 1. The van der Waals surface area contributed by atoms with Gasteiger partial charge in [-0.1, -0.05) is 18.2 Å². The quantitative estimate of drug-likeness (QED) is 0.666. The molecular weight excluding hydrogens is 450 g/mol. The van der Waals surface area contributed by atoms with Crippen molar-refractivity contribution in [1.82, 2.24) is 14.8 Å². The second kappa shape index (κ2) is 10.6. The second-order valence-corrected chi connectivity index (χ2v) is 9.56. The van der Waals surface area contributed by atoms with Crippen LogP contribution >= 0.6 is 0 Å². The van der Waals surface area contributed by atoms with Crippen LogP contribution in [-0.4, -0.2) is 89.4 Å². The van der Waals surface area contributed by atoms with Crippen molar-refractivity contribution in [3.8, 4) is 11.5 Å². The predicted octanol–water partition coefficient (Wildman–Crippen LogP) is 1.52. The molecule has 2 aliphatic rings. The number of aliphatic hydroxyl groups excluding tert-OH is 2. The number of hydrogen-bond acceptors (Lipinski definition) is 7. The number of methoxy groups -OCH3 is 1. The Morgan fingerprint density at radius 3 is 2.66 bits per heavy atom. The van der Waals surface area contributed by atoms with Gasteiger partial charge in [-0.05, 0) is 42.4 Å². The van der Waals surface area contributed by atoms with Crippen LogP contribution in [0.2, 0.25) is 0 Å². The maximum Gasteiger partial charge on any atom is 0.272 e. The van der Waals surface area contributed by atoms with Gasteiger partial charge in [0.15, 0.2) is 6.61 Å². The number of aliphatic hydroxyl groups is 2. The number of piperidine rings is 1. The lowest BCUT2D eigenvalue weighted by Crippen LogP contribution is -2.51. The summed E-state index contributed by atoms with van der Waals surface area (Å²) in [6.07, 6.45) is 1.31. The Balaban J connectivity index is 1.51. The molecule has 1 fully saturated rings. The first-order chi connectivity index (χ1) is 16.8. The number of pyridine rings is 1. The first kappa shape index (κ1) is 24.9. The number of fused-ring (bicyclic) bond motifs is 1. The highest BCUT2D eigenvalue weighted by Gasteiger charge is 2.41. The minimum atomic E-state index is -0.978. The molecule has 2 amide bonds. The lowest BCUT2D eigenvalue weighted by molar-refractivity contribution is -0.135. The molecule has 35 heavy (non-hydrogen) atoms. The zero-order chi connectivity index (χ0) is 25.0. The summed E-state index contributed by atoms with van der Waals surface area (Å²) < 4.78 is 11.0. The van der Waals surface area contributed by atoms with E-state index in [1.165, 1.54) is 0 Å². The van der Waals surface area contributed by atoms with Gasteiger partial charge in [-0.15, -0.1) is 0 Å². The lowest BCUT2D eigenvalue weighted by Gasteiger charge is -2.45. The Morgan fingerprint density at radius 1 is 1.17 bits per heavy atom. The number of rotatable bonds is 2. The van der Waals surface area contributed by atoms with Crippen LogP contribution in [-0.2, 0) is 11.2 Å². The third-order valence-corrected chi connectivity index (χ3v) is 7.13. The molecule has 1 spiro atoms. The van der Waals surface area contributed by atoms with Crippen molar-refractivity contribution >= 4 is 11.8 Å². The fraction of sp³-hybridized carbons (Fsp3) is 0.500. The van der Waals surface area contributed by atoms with Crippen molar-refractivity contribution in [2.75, 3.05) is 40.4 Å². The highest BCUT2D eigenvalue weighted by molar-refractivity contribution is 5.92. The molecule has 2 N–H and O–H groups in total. The molecule has 188 valence electrons. The second-order valence-electron chi connectivity index (χ2n) is 9.56. The zero-order valence-electron chi connectivity index (χ0n) is 20.2. The van der Waals surface area contributed by atoms with Gasteiger partial charge in [0.2, 0.25) is 0 Å². The number of ether oxygens (including phenoxy) is 2. The number of carbonyl (C=O) groups is 2. The Kier molecular flexibility index (Phi) is 7.57. The van der Waals surface area contributed by atoms with Crippen molar-refractivity contribution in [1.29, 1.82) is 0 Å². The zero-order valence-corrected chi connectivity index (χ0v) is 20.2. The number of hydrogen-bond donors (Lipinski definition) is 2. The van der Waals surface area contributed by atoms with Crippen LogP contribution in [0.4, 0.5) is 0 Å². The average molecular weight is 484 g/mol. The summed E-state index contributed by atoms with van der Waals surface area (Å²) in [7, 11) is 3.27. The van der Waals surface area contributed by atoms with Gasteiger partial charge in [-0.3, -0.25) is 14.6 Å². The summed E-state index contributed by atoms with van der Waals surface area (Å²) in [5, 5.41) is 21.8. The topological polar surface area (TPSA) is 112 Å². The minimum Gasteiger partial charge on any atom is -0.497 e. The van der Waals surface area contributed by atoms with E-state index in [4.69, 9.17) is 9.47 Å². The maximum absolute atomic E-state index is 13.0. The van der Waals surface area contributed by atoms with Gasteiger partial charge in [0.1, 0.15) is 17.2 Å². The fourth-order valence-corrected chi connectivity index (χ4v) is 5.02. The van der Waals surface area contributed by atoms with Crippen LogP contribution in [0.3, 0.4) is 0 Å². The smallest absolute Gasteiger partial charge is 0.272 e. The van der Waals surface area contributed by atoms with E-state index in [0.29, 0.717) is 56.1 Å². The van der Waals surface area contributed by atoms with E-state index in [1.54, 1.807) is 48.4 Å². The monoisotopic (exact) mass is 483 g/mol. The van der Waals surface area contributed by atoms with Crippen LogP contribution in [0.15, 0.2) is 42.6 Å². The van der Waals surface area contributed by atoms with Crippen molar-refractivity contribution < 1.29 is 29.3 Å².